The highest BCUT2D eigenvalue weighted by Gasteiger charge is 2.16. The average molecular weight is 299 g/mol. The number of nitrogens with zero attached hydrogens (tertiary/aromatic N) is 2. The van der Waals surface area contributed by atoms with Gasteiger partial charge in [-0.05, 0) is 31.2 Å². The van der Waals surface area contributed by atoms with Crippen molar-refractivity contribution in [3.8, 4) is 11.8 Å². The van der Waals surface area contributed by atoms with Gasteiger partial charge in [-0.3, -0.25) is 9.78 Å². The van der Waals surface area contributed by atoms with Gasteiger partial charge in [-0.2, -0.15) is 0 Å². The van der Waals surface area contributed by atoms with E-state index in [2.05, 4.69) is 16.8 Å². The number of hydrogen-bond donors (Lipinski definition) is 1. The number of amides is 1. The summed E-state index contributed by atoms with van der Waals surface area (Å²) in [4.78, 5) is 20.1. The fraction of sp³-hybridized carbons (Fsp3) is 0.250. The molecule has 108 valence electrons. The molecule has 21 heavy (non-hydrogen) atoms. The van der Waals surface area contributed by atoms with Crippen LogP contribution in [0, 0.1) is 11.8 Å². The summed E-state index contributed by atoms with van der Waals surface area (Å²) in [7, 11) is 0. The molecular formula is C16H17N3OS. The molecule has 2 aromatic rings. The minimum atomic E-state index is 0.00829. The monoisotopic (exact) mass is 299 g/mol. The van der Waals surface area contributed by atoms with Crippen molar-refractivity contribution >= 4 is 17.2 Å². The molecule has 2 rings (SSSR count). The minimum Gasteiger partial charge on any atom is -0.332 e. The van der Waals surface area contributed by atoms with Gasteiger partial charge in [-0.1, -0.05) is 17.9 Å². The second kappa shape index (κ2) is 7.58. The fourth-order valence-corrected chi connectivity index (χ4v) is 2.68. The number of carbonyl (C=O) groups is 1. The number of rotatable bonds is 4. The molecular weight excluding hydrogens is 282 g/mol. The van der Waals surface area contributed by atoms with Crippen LogP contribution in [0.2, 0.25) is 0 Å². The Hall–Kier alpha value is -2.16. The van der Waals surface area contributed by atoms with Crippen LogP contribution < -0.4 is 5.73 Å². The third-order valence-electron chi connectivity index (χ3n) is 2.88. The summed E-state index contributed by atoms with van der Waals surface area (Å²) in [5, 5.41) is 0. The lowest BCUT2D eigenvalue weighted by Crippen LogP contribution is -2.30. The van der Waals surface area contributed by atoms with Gasteiger partial charge in [0.05, 0.1) is 28.5 Å². The lowest BCUT2D eigenvalue weighted by molar-refractivity contribution is 0.0755. The topological polar surface area (TPSA) is 59.2 Å². The van der Waals surface area contributed by atoms with Crippen molar-refractivity contribution in [3.05, 3.63) is 52.0 Å². The number of hydrogen-bond acceptors (Lipinski definition) is 4. The molecule has 2 N–H and O–H groups in total. The predicted molar refractivity (Wildman–Crippen MR) is 84.9 cm³/mol. The Morgan fingerprint density at radius 3 is 2.90 bits per heavy atom. The van der Waals surface area contributed by atoms with E-state index >= 15 is 0 Å². The number of nitrogens with two attached hydrogens (primary N) is 1. The Kier molecular flexibility index (Phi) is 5.50. The summed E-state index contributed by atoms with van der Waals surface area (Å²) < 4.78 is 0. The molecule has 0 saturated carbocycles. The third kappa shape index (κ3) is 4.15. The molecule has 0 aliphatic carbocycles. The molecule has 2 aromatic heterocycles. The van der Waals surface area contributed by atoms with Gasteiger partial charge >= 0.3 is 0 Å². The van der Waals surface area contributed by atoms with E-state index < -0.39 is 0 Å². The highest BCUT2D eigenvalue weighted by atomic mass is 32.1. The Morgan fingerprint density at radius 2 is 2.24 bits per heavy atom. The first-order chi connectivity index (χ1) is 10.2. The Labute approximate surface area is 128 Å². The number of pyridine rings is 1. The van der Waals surface area contributed by atoms with Gasteiger partial charge in [0.2, 0.25) is 0 Å². The molecule has 0 fully saturated rings. The first kappa shape index (κ1) is 15.2. The maximum absolute atomic E-state index is 12.5. The summed E-state index contributed by atoms with van der Waals surface area (Å²) in [6.45, 7) is 3.43. The van der Waals surface area contributed by atoms with E-state index in [9.17, 15) is 4.79 Å². The van der Waals surface area contributed by atoms with E-state index in [1.165, 1.54) is 11.3 Å². The van der Waals surface area contributed by atoms with Crippen molar-refractivity contribution in [1.82, 2.24) is 9.88 Å². The van der Waals surface area contributed by atoms with Crippen LogP contribution in [0.1, 0.15) is 27.2 Å². The zero-order chi connectivity index (χ0) is 15.1. The van der Waals surface area contributed by atoms with Crippen LogP contribution in [0.15, 0.2) is 36.5 Å². The Bertz CT molecular complexity index is 655. The summed E-state index contributed by atoms with van der Waals surface area (Å²) in [5.74, 6) is 5.75. The zero-order valence-corrected chi connectivity index (χ0v) is 12.7. The molecule has 5 heteroatoms. The molecule has 0 radical (unpaired) electrons. The van der Waals surface area contributed by atoms with Crippen LogP contribution in [0.25, 0.3) is 0 Å². The lowest BCUT2D eigenvalue weighted by atomic mass is 10.3. The first-order valence-electron chi connectivity index (χ1n) is 6.72. The molecule has 0 spiro atoms. The summed E-state index contributed by atoms with van der Waals surface area (Å²) in [6.07, 6.45) is 1.74. The Balaban J connectivity index is 2.11. The van der Waals surface area contributed by atoms with Crippen molar-refractivity contribution in [2.24, 2.45) is 5.73 Å². The second-order valence-electron chi connectivity index (χ2n) is 4.31. The molecule has 2 heterocycles. The van der Waals surface area contributed by atoms with Crippen molar-refractivity contribution in [2.75, 3.05) is 13.1 Å². The summed E-state index contributed by atoms with van der Waals surface area (Å²) >= 11 is 1.39. The minimum absolute atomic E-state index is 0.00829. The highest BCUT2D eigenvalue weighted by Crippen LogP contribution is 2.18. The molecule has 0 saturated heterocycles. The standard InChI is InChI=1S/C16H17N3OS/c1-2-19(12-13-6-3-4-11-18-13)16(20)15-9-8-14(21-15)7-5-10-17/h3-4,6,8-9,11H,2,10,12,17H2,1H3. The van der Waals surface area contributed by atoms with Crippen molar-refractivity contribution in [2.45, 2.75) is 13.5 Å². The van der Waals surface area contributed by atoms with Gasteiger partial charge < -0.3 is 10.6 Å². The zero-order valence-electron chi connectivity index (χ0n) is 11.9. The predicted octanol–water partition coefficient (Wildman–Crippen LogP) is 2.12. The van der Waals surface area contributed by atoms with Gasteiger partial charge in [-0.25, -0.2) is 0 Å². The third-order valence-corrected chi connectivity index (χ3v) is 3.87. The summed E-state index contributed by atoms with van der Waals surface area (Å²) in [6, 6.07) is 9.38. The highest BCUT2D eigenvalue weighted by molar-refractivity contribution is 7.14. The lowest BCUT2D eigenvalue weighted by Gasteiger charge is -2.19. The summed E-state index contributed by atoms with van der Waals surface area (Å²) in [5.41, 5.74) is 6.23. The van der Waals surface area contributed by atoms with Crippen LogP contribution in [-0.4, -0.2) is 28.9 Å². The van der Waals surface area contributed by atoms with Crippen molar-refractivity contribution in [1.29, 1.82) is 0 Å². The van der Waals surface area contributed by atoms with Gasteiger partial charge in [0.25, 0.3) is 5.91 Å². The van der Waals surface area contributed by atoms with Gasteiger partial charge in [-0.15, -0.1) is 11.3 Å². The molecule has 1 amide bonds. The average Bonchev–Trinajstić information content (AvgIpc) is 3.00. The number of carbonyl (C=O) groups excluding carboxylic acids is 1. The largest absolute Gasteiger partial charge is 0.332 e. The molecule has 0 bridgehead atoms. The van der Waals surface area contributed by atoms with Gasteiger partial charge in [0.15, 0.2) is 0 Å². The SMILES string of the molecule is CCN(Cc1ccccn1)C(=O)c1ccc(C#CCN)s1. The number of aromatic nitrogens is 1. The van der Waals surface area contributed by atoms with Crippen LogP contribution in [0.4, 0.5) is 0 Å². The van der Waals surface area contributed by atoms with E-state index in [1.807, 2.05) is 37.3 Å². The van der Waals surface area contributed by atoms with E-state index in [-0.39, 0.29) is 5.91 Å². The molecule has 0 aliphatic heterocycles. The molecule has 0 atom stereocenters. The van der Waals surface area contributed by atoms with Crippen LogP contribution >= 0.6 is 11.3 Å². The van der Waals surface area contributed by atoms with Crippen LogP contribution in [0.3, 0.4) is 0 Å². The van der Waals surface area contributed by atoms with E-state index in [0.29, 0.717) is 24.5 Å². The van der Waals surface area contributed by atoms with E-state index in [4.69, 9.17) is 5.73 Å². The molecule has 0 aliphatic rings. The normalized spacial score (nSPS) is 9.81. The van der Waals surface area contributed by atoms with E-state index in [1.54, 1.807) is 11.1 Å². The molecule has 0 unspecified atom stereocenters. The van der Waals surface area contributed by atoms with Crippen molar-refractivity contribution in [3.63, 3.8) is 0 Å². The van der Waals surface area contributed by atoms with Crippen LogP contribution in [-0.2, 0) is 6.54 Å². The van der Waals surface area contributed by atoms with Gasteiger partial charge in [0.1, 0.15) is 0 Å². The first-order valence-corrected chi connectivity index (χ1v) is 7.54. The second-order valence-corrected chi connectivity index (χ2v) is 5.39. The molecule has 0 aromatic carbocycles. The smallest absolute Gasteiger partial charge is 0.264 e. The Morgan fingerprint density at radius 1 is 1.38 bits per heavy atom. The van der Waals surface area contributed by atoms with Gasteiger partial charge in [0, 0.05) is 12.7 Å². The van der Waals surface area contributed by atoms with E-state index in [0.717, 1.165) is 10.6 Å². The quantitative estimate of drug-likeness (QED) is 0.880. The molecule has 4 nitrogen and oxygen atoms in total. The maximum Gasteiger partial charge on any atom is 0.264 e. The number of thiophene rings is 1. The fourth-order valence-electron chi connectivity index (χ4n) is 1.83. The van der Waals surface area contributed by atoms with Crippen LogP contribution in [0.5, 0.6) is 0 Å². The maximum atomic E-state index is 12.5. The van der Waals surface area contributed by atoms with Crippen molar-refractivity contribution < 1.29 is 4.79 Å².